The van der Waals surface area contributed by atoms with Crippen LogP contribution in [0.2, 0.25) is 5.28 Å². The summed E-state index contributed by atoms with van der Waals surface area (Å²) in [5.74, 6) is -0.626. The maximum Gasteiger partial charge on any atom is 0.303 e. The van der Waals surface area contributed by atoms with E-state index in [0.29, 0.717) is 24.2 Å². The maximum atomic E-state index is 12.7. The van der Waals surface area contributed by atoms with Crippen molar-refractivity contribution in [1.29, 1.82) is 0 Å². The number of amides is 1. The standard InChI is InChI=1S/C17H22ClN3O4/c1-9(22)25-13-8-7-12-14(13)20-17(18)21-15(12)16(23)19-10-3-5-11(24-2)6-4-10/h10-11,13H,3-8H2,1-2H3,(H,19,23). The first-order valence-electron chi connectivity index (χ1n) is 8.55. The van der Waals surface area contributed by atoms with Crippen molar-refractivity contribution in [3.05, 3.63) is 22.2 Å². The van der Waals surface area contributed by atoms with E-state index in [0.717, 1.165) is 31.2 Å². The van der Waals surface area contributed by atoms with Gasteiger partial charge in [-0.15, -0.1) is 0 Å². The van der Waals surface area contributed by atoms with Crippen LogP contribution in [0.25, 0.3) is 0 Å². The monoisotopic (exact) mass is 367 g/mol. The van der Waals surface area contributed by atoms with E-state index in [1.165, 1.54) is 6.92 Å². The highest BCUT2D eigenvalue weighted by molar-refractivity contribution is 6.28. The SMILES string of the molecule is COC1CCC(NC(=O)c2nc(Cl)nc3c2CCC3OC(C)=O)CC1. The smallest absolute Gasteiger partial charge is 0.303 e. The molecule has 2 aliphatic rings. The van der Waals surface area contributed by atoms with Gasteiger partial charge in [0.05, 0.1) is 11.8 Å². The van der Waals surface area contributed by atoms with Crippen molar-refractivity contribution < 1.29 is 19.1 Å². The number of methoxy groups -OCH3 is 1. The average Bonchev–Trinajstić information content (AvgIpc) is 2.97. The van der Waals surface area contributed by atoms with E-state index >= 15 is 0 Å². The molecule has 1 aromatic rings. The van der Waals surface area contributed by atoms with Gasteiger partial charge in [-0.25, -0.2) is 9.97 Å². The predicted molar refractivity (Wildman–Crippen MR) is 90.4 cm³/mol. The van der Waals surface area contributed by atoms with Crippen LogP contribution in [-0.4, -0.2) is 41.1 Å². The topological polar surface area (TPSA) is 90.4 Å². The molecule has 1 fully saturated rings. The number of carbonyl (C=O) groups is 2. The second kappa shape index (κ2) is 7.66. The molecule has 1 unspecified atom stereocenters. The lowest BCUT2D eigenvalue weighted by atomic mass is 9.93. The summed E-state index contributed by atoms with van der Waals surface area (Å²) < 4.78 is 10.6. The highest BCUT2D eigenvalue weighted by Gasteiger charge is 2.33. The molecular formula is C17H22ClN3O4. The molecule has 0 bridgehead atoms. The first kappa shape index (κ1) is 18.1. The summed E-state index contributed by atoms with van der Waals surface area (Å²) in [6.45, 7) is 1.35. The Bertz CT molecular complexity index is 674. The molecule has 0 radical (unpaired) electrons. The number of fused-ring (bicyclic) bond motifs is 1. The van der Waals surface area contributed by atoms with Gasteiger partial charge >= 0.3 is 5.97 Å². The minimum absolute atomic E-state index is 0.00829. The van der Waals surface area contributed by atoms with Gasteiger partial charge in [-0.05, 0) is 50.1 Å². The molecule has 3 rings (SSSR count). The third-order valence-electron chi connectivity index (χ3n) is 4.84. The second-order valence-electron chi connectivity index (χ2n) is 6.52. The van der Waals surface area contributed by atoms with Gasteiger partial charge in [-0.1, -0.05) is 0 Å². The number of esters is 1. The molecule has 1 atom stereocenters. The van der Waals surface area contributed by atoms with Crippen LogP contribution in [0.15, 0.2) is 0 Å². The summed E-state index contributed by atoms with van der Waals surface area (Å²) in [6.07, 6.45) is 4.60. The third-order valence-corrected chi connectivity index (χ3v) is 5.01. The predicted octanol–water partition coefficient (Wildman–Crippen LogP) is 2.37. The quantitative estimate of drug-likeness (QED) is 0.649. The van der Waals surface area contributed by atoms with Crippen LogP contribution in [-0.2, 0) is 20.7 Å². The number of hydrogen-bond donors (Lipinski definition) is 1. The van der Waals surface area contributed by atoms with Crippen molar-refractivity contribution in [2.24, 2.45) is 0 Å². The number of nitrogens with zero attached hydrogens (tertiary/aromatic N) is 2. The van der Waals surface area contributed by atoms with Gasteiger partial charge in [0.15, 0.2) is 0 Å². The zero-order valence-corrected chi connectivity index (χ0v) is 15.1. The van der Waals surface area contributed by atoms with E-state index in [1.807, 2.05) is 0 Å². The van der Waals surface area contributed by atoms with E-state index in [2.05, 4.69) is 15.3 Å². The number of carbonyl (C=O) groups excluding carboxylic acids is 2. The molecule has 1 saturated carbocycles. The first-order valence-corrected chi connectivity index (χ1v) is 8.93. The maximum absolute atomic E-state index is 12.7. The lowest BCUT2D eigenvalue weighted by Gasteiger charge is -2.28. The summed E-state index contributed by atoms with van der Waals surface area (Å²) in [4.78, 5) is 32.3. The zero-order valence-electron chi connectivity index (χ0n) is 14.4. The van der Waals surface area contributed by atoms with E-state index in [9.17, 15) is 9.59 Å². The van der Waals surface area contributed by atoms with Crippen molar-refractivity contribution in [2.75, 3.05) is 7.11 Å². The Morgan fingerprint density at radius 1 is 1.16 bits per heavy atom. The summed E-state index contributed by atoms with van der Waals surface area (Å²) in [7, 11) is 1.72. The minimum Gasteiger partial charge on any atom is -0.456 e. The number of rotatable bonds is 4. The number of ether oxygens (including phenoxy) is 2. The lowest BCUT2D eigenvalue weighted by molar-refractivity contribution is -0.146. The highest BCUT2D eigenvalue weighted by Crippen LogP contribution is 2.35. The number of aromatic nitrogens is 2. The molecule has 2 aliphatic carbocycles. The molecule has 136 valence electrons. The van der Waals surface area contributed by atoms with E-state index in [1.54, 1.807) is 7.11 Å². The Kier molecular flexibility index (Phi) is 5.54. The van der Waals surface area contributed by atoms with Crippen molar-refractivity contribution in [2.45, 2.75) is 63.7 Å². The zero-order chi connectivity index (χ0) is 18.0. The number of nitrogens with one attached hydrogen (secondary N) is 1. The van der Waals surface area contributed by atoms with Gasteiger partial charge in [0.25, 0.3) is 5.91 Å². The minimum atomic E-state index is -0.461. The summed E-state index contributed by atoms with van der Waals surface area (Å²) in [5, 5.41) is 3.03. The van der Waals surface area contributed by atoms with Crippen LogP contribution in [0.3, 0.4) is 0 Å². The van der Waals surface area contributed by atoms with Crippen LogP contribution >= 0.6 is 11.6 Å². The van der Waals surface area contributed by atoms with E-state index in [4.69, 9.17) is 21.1 Å². The van der Waals surface area contributed by atoms with Gasteiger partial charge in [0.1, 0.15) is 11.8 Å². The average molecular weight is 368 g/mol. The van der Waals surface area contributed by atoms with Crippen LogP contribution in [0.4, 0.5) is 0 Å². The molecule has 7 nitrogen and oxygen atoms in total. The van der Waals surface area contributed by atoms with Crippen LogP contribution < -0.4 is 5.32 Å². The van der Waals surface area contributed by atoms with E-state index < -0.39 is 6.10 Å². The molecule has 0 saturated heterocycles. The summed E-state index contributed by atoms with van der Waals surface area (Å²) in [5.41, 5.74) is 1.56. The van der Waals surface area contributed by atoms with Crippen molar-refractivity contribution in [1.82, 2.24) is 15.3 Å². The fourth-order valence-electron chi connectivity index (χ4n) is 3.60. The van der Waals surface area contributed by atoms with Gasteiger partial charge in [0, 0.05) is 25.6 Å². The summed E-state index contributed by atoms with van der Waals surface area (Å²) in [6, 6.07) is 0.106. The molecule has 0 spiro atoms. The van der Waals surface area contributed by atoms with Gasteiger partial charge in [-0.3, -0.25) is 9.59 Å². The Balaban J connectivity index is 1.74. The Morgan fingerprint density at radius 3 is 2.52 bits per heavy atom. The van der Waals surface area contributed by atoms with Gasteiger partial charge < -0.3 is 14.8 Å². The molecular weight excluding hydrogens is 346 g/mol. The molecule has 1 amide bonds. The number of halogens is 1. The fourth-order valence-corrected chi connectivity index (χ4v) is 3.77. The van der Waals surface area contributed by atoms with Crippen molar-refractivity contribution in [3.8, 4) is 0 Å². The van der Waals surface area contributed by atoms with Crippen LogP contribution in [0, 0.1) is 0 Å². The van der Waals surface area contributed by atoms with E-state index in [-0.39, 0.29) is 29.3 Å². The van der Waals surface area contributed by atoms with Crippen LogP contribution in [0.5, 0.6) is 0 Å². The Hall–Kier alpha value is -1.73. The molecule has 25 heavy (non-hydrogen) atoms. The molecule has 0 aromatic carbocycles. The van der Waals surface area contributed by atoms with Crippen molar-refractivity contribution in [3.63, 3.8) is 0 Å². The molecule has 1 aromatic heterocycles. The normalized spacial score (nSPS) is 25.3. The number of hydrogen-bond acceptors (Lipinski definition) is 6. The summed E-state index contributed by atoms with van der Waals surface area (Å²) >= 11 is 6.00. The van der Waals surface area contributed by atoms with Crippen LogP contribution in [0.1, 0.15) is 66.9 Å². The van der Waals surface area contributed by atoms with Gasteiger partial charge in [-0.2, -0.15) is 0 Å². The Labute approximate surface area is 151 Å². The molecule has 0 aliphatic heterocycles. The Morgan fingerprint density at radius 2 is 1.88 bits per heavy atom. The molecule has 8 heteroatoms. The molecule has 1 N–H and O–H groups in total. The second-order valence-corrected chi connectivity index (χ2v) is 6.86. The third kappa shape index (κ3) is 4.10. The first-order chi connectivity index (χ1) is 12.0. The fraction of sp³-hybridized carbons (Fsp3) is 0.647. The highest BCUT2D eigenvalue weighted by atomic mass is 35.5. The van der Waals surface area contributed by atoms with Gasteiger partial charge in [0.2, 0.25) is 5.28 Å². The lowest BCUT2D eigenvalue weighted by Crippen LogP contribution is -2.39. The molecule has 1 heterocycles. The van der Waals surface area contributed by atoms with Crippen molar-refractivity contribution >= 4 is 23.5 Å². The largest absolute Gasteiger partial charge is 0.456 e.